The van der Waals surface area contributed by atoms with Crippen LogP contribution in [0.3, 0.4) is 0 Å². The molecule has 7 nitrogen and oxygen atoms in total. The van der Waals surface area contributed by atoms with Gasteiger partial charge in [-0.1, -0.05) is 13.8 Å². The van der Waals surface area contributed by atoms with Crippen molar-refractivity contribution < 1.29 is 18.8 Å². The maximum atomic E-state index is 12.8. The van der Waals surface area contributed by atoms with E-state index >= 15 is 0 Å². The molecule has 0 N–H and O–H groups in total. The van der Waals surface area contributed by atoms with Crippen LogP contribution in [0.2, 0.25) is 0 Å². The molecule has 7 heteroatoms. The van der Waals surface area contributed by atoms with Gasteiger partial charge in [0.25, 0.3) is 5.91 Å². The minimum Gasteiger partial charge on any atom is -0.459 e. The molecule has 0 aliphatic carbocycles. The summed E-state index contributed by atoms with van der Waals surface area (Å²) in [4.78, 5) is 42.7. The minimum atomic E-state index is -0.421. The highest BCUT2D eigenvalue weighted by Gasteiger charge is 2.47. The Morgan fingerprint density at radius 3 is 2.40 bits per heavy atom. The standard InChI is InChI=1S/C18H25N3O4/c1-13(2)16(23)20-6-7-21(17(24)14-5-4-8-25-14)12-18(11-20)9-15(22)19(3)10-18/h4-5,8,13H,6-7,9-12H2,1-3H3/t18-/m0/s1. The smallest absolute Gasteiger partial charge is 0.289 e. The molecule has 136 valence electrons. The van der Waals surface area contributed by atoms with Gasteiger partial charge < -0.3 is 19.1 Å². The fourth-order valence-electron chi connectivity index (χ4n) is 3.86. The first kappa shape index (κ1) is 17.5. The fourth-order valence-corrected chi connectivity index (χ4v) is 3.86. The molecule has 1 atom stereocenters. The molecule has 2 fully saturated rings. The Labute approximate surface area is 147 Å². The lowest BCUT2D eigenvalue weighted by atomic mass is 9.85. The van der Waals surface area contributed by atoms with E-state index in [1.807, 2.05) is 18.7 Å². The van der Waals surface area contributed by atoms with Crippen LogP contribution in [0, 0.1) is 11.3 Å². The van der Waals surface area contributed by atoms with Gasteiger partial charge in [0.05, 0.1) is 6.26 Å². The quantitative estimate of drug-likeness (QED) is 0.802. The van der Waals surface area contributed by atoms with Crippen LogP contribution < -0.4 is 0 Å². The van der Waals surface area contributed by atoms with E-state index in [0.717, 1.165) is 0 Å². The largest absolute Gasteiger partial charge is 0.459 e. The van der Waals surface area contributed by atoms with Gasteiger partial charge in [-0.05, 0) is 12.1 Å². The van der Waals surface area contributed by atoms with Crippen LogP contribution in [-0.2, 0) is 9.59 Å². The number of hydrogen-bond donors (Lipinski definition) is 0. The number of likely N-dealkylation sites (tertiary alicyclic amines) is 1. The number of nitrogens with zero attached hydrogens (tertiary/aromatic N) is 3. The maximum Gasteiger partial charge on any atom is 0.289 e. The van der Waals surface area contributed by atoms with E-state index in [1.54, 1.807) is 29.0 Å². The molecule has 0 aromatic carbocycles. The molecule has 0 radical (unpaired) electrons. The Kier molecular flexibility index (Phi) is 4.58. The molecule has 3 heterocycles. The van der Waals surface area contributed by atoms with Crippen LogP contribution >= 0.6 is 0 Å². The van der Waals surface area contributed by atoms with Gasteiger partial charge in [-0.25, -0.2) is 0 Å². The molecule has 1 spiro atoms. The summed E-state index contributed by atoms with van der Waals surface area (Å²) >= 11 is 0. The first-order valence-corrected chi connectivity index (χ1v) is 8.67. The third-order valence-corrected chi connectivity index (χ3v) is 5.04. The molecule has 0 saturated carbocycles. The molecule has 3 rings (SSSR count). The van der Waals surface area contributed by atoms with E-state index in [-0.39, 0.29) is 29.4 Å². The number of amides is 3. The van der Waals surface area contributed by atoms with Gasteiger partial charge in [0.2, 0.25) is 11.8 Å². The van der Waals surface area contributed by atoms with Gasteiger partial charge in [0, 0.05) is 57.5 Å². The molecular weight excluding hydrogens is 322 g/mol. The molecular formula is C18H25N3O4. The summed E-state index contributed by atoms with van der Waals surface area (Å²) in [7, 11) is 1.77. The predicted octanol–water partition coefficient (Wildman–Crippen LogP) is 1.07. The molecule has 0 bridgehead atoms. The molecule has 2 aliphatic rings. The molecule has 2 aliphatic heterocycles. The van der Waals surface area contributed by atoms with Crippen LogP contribution in [0.15, 0.2) is 22.8 Å². The monoisotopic (exact) mass is 347 g/mol. The van der Waals surface area contributed by atoms with Crippen molar-refractivity contribution in [3.05, 3.63) is 24.2 Å². The number of carbonyl (C=O) groups excluding carboxylic acids is 3. The minimum absolute atomic E-state index is 0.0595. The highest BCUT2D eigenvalue weighted by molar-refractivity contribution is 5.91. The Morgan fingerprint density at radius 2 is 1.84 bits per heavy atom. The van der Waals surface area contributed by atoms with Crippen LogP contribution in [0.5, 0.6) is 0 Å². The third-order valence-electron chi connectivity index (χ3n) is 5.04. The predicted molar refractivity (Wildman–Crippen MR) is 90.7 cm³/mol. The van der Waals surface area contributed by atoms with Crippen molar-refractivity contribution in [3.63, 3.8) is 0 Å². The van der Waals surface area contributed by atoms with E-state index in [0.29, 0.717) is 39.1 Å². The third kappa shape index (κ3) is 3.41. The number of furan rings is 1. The molecule has 0 unspecified atom stereocenters. The summed E-state index contributed by atoms with van der Waals surface area (Å²) < 4.78 is 5.25. The highest BCUT2D eigenvalue weighted by Crippen LogP contribution is 2.35. The van der Waals surface area contributed by atoms with Crippen LogP contribution in [-0.4, -0.2) is 72.2 Å². The summed E-state index contributed by atoms with van der Waals surface area (Å²) in [6.07, 6.45) is 1.83. The topological polar surface area (TPSA) is 74.1 Å². The first-order valence-electron chi connectivity index (χ1n) is 8.67. The lowest BCUT2D eigenvalue weighted by Crippen LogP contribution is -2.45. The fraction of sp³-hybridized carbons (Fsp3) is 0.611. The normalized spacial score (nSPS) is 24.3. The molecule has 3 amide bonds. The zero-order chi connectivity index (χ0) is 18.2. The summed E-state index contributed by atoms with van der Waals surface area (Å²) in [5.74, 6) is 0.110. The van der Waals surface area contributed by atoms with Gasteiger partial charge in [-0.3, -0.25) is 14.4 Å². The van der Waals surface area contributed by atoms with Crippen molar-refractivity contribution in [1.82, 2.24) is 14.7 Å². The van der Waals surface area contributed by atoms with Gasteiger partial charge in [0.15, 0.2) is 5.76 Å². The van der Waals surface area contributed by atoms with Crippen LogP contribution in [0.25, 0.3) is 0 Å². The highest BCUT2D eigenvalue weighted by atomic mass is 16.3. The summed E-state index contributed by atoms with van der Waals surface area (Å²) in [5.41, 5.74) is -0.421. The second kappa shape index (κ2) is 6.54. The van der Waals surface area contributed by atoms with Crippen molar-refractivity contribution in [2.75, 3.05) is 39.8 Å². The van der Waals surface area contributed by atoms with Crippen molar-refractivity contribution in [3.8, 4) is 0 Å². The maximum absolute atomic E-state index is 12.8. The molecule has 25 heavy (non-hydrogen) atoms. The number of carbonyl (C=O) groups is 3. The summed E-state index contributed by atoms with van der Waals surface area (Å²) in [6, 6.07) is 3.32. The second-order valence-electron chi connectivity index (χ2n) is 7.55. The van der Waals surface area contributed by atoms with E-state index in [2.05, 4.69) is 0 Å². The molecule has 1 aromatic rings. The summed E-state index contributed by atoms with van der Waals surface area (Å²) in [5, 5.41) is 0. The van der Waals surface area contributed by atoms with Crippen molar-refractivity contribution in [2.45, 2.75) is 20.3 Å². The lowest BCUT2D eigenvalue weighted by Gasteiger charge is -2.33. The lowest BCUT2D eigenvalue weighted by molar-refractivity contribution is -0.135. The van der Waals surface area contributed by atoms with E-state index in [1.165, 1.54) is 6.26 Å². The van der Waals surface area contributed by atoms with E-state index < -0.39 is 5.41 Å². The van der Waals surface area contributed by atoms with E-state index in [4.69, 9.17) is 4.42 Å². The van der Waals surface area contributed by atoms with E-state index in [9.17, 15) is 14.4 Å². The zero-order valence-electron chi connectivity index (χ0n) is 15.0. The molecule has 1 aromatic heterocycles. The van der Waals surface area contributed by atoms with Crippen molar-refractivity contribution >= 4 is 17.7 Å². The average molecular weight is 347 g/mol. The first-order chi connectivity index (χ1) is 11.8. The van der Waals surface area contributed by atoms with Crippen molar-refractivity contribution in [2.24, 2.45) is 11.3 Å². The number of hydrogen-bond acceptors (Lipinski definition) is 4. The average Bonchev–Trinajstić information content (AvgIpc) is 3.13. The van der Waals surface area contributed by atoms with Gasteiger partial charge in [0.1, 0.15) is 0 Å². The van der Waals surface area contributed by atoms with Gasteiger partial charge >= 0.3 is 0 Å². The van der Waals surface area contributed by atoms with Gasteiger partial charge in [-0.15, -0.1) is 0 Å². The number of rotatable bonds is 2. The SMILES string of the molecule is CC(C)C(=O)N1CCN(C(=O)c2ccco2)C[C@]2(CC(=O)N(C)C2)C1. The zero-order valence-corrected chi connectivity index (χ0v) is 15.0. The van der Waals surface area contributed by atoms with Crippen LogP contribution in [0.1, 0.15) is 30.8 Å². The van der Waals surface area contributed by atoms with Gasteiger partial charge in [-0.2, -0.15) is 0 Å². The summed E-state index contributed by atoms with van der Waals surface area (Å²) in [6.45, 7) is 6.16. The Balaban J connectivity index is 1.88. The molecule has 2 saturated heterocycles. The Morgan fingerprint density at radius 1 is 1.16 bits per heavy atom. The Hall–Kier alpha value is -2.31. The van der Waals surface area contributed by atoms with Crippen molar-refractivity contribution in [1.29, 1.82) is 0 Å². The Bertz CT molecular complexity index is 670. The van der Waals surface area contributed by atoms with Crippen LogP contribution in [0.4, 0.5) is 0 Å². The second-order valence-corrected chi connectivity index (χ2v) is 7.55.